The second-order valence-corrected chi connectivity index (χ2v) is 5.89. The first-order valence-corrected chi connectivity index (χ1v) is 7.45. The molecule has 1 aliphatic rings. The first kappa shape index (κ1) is 14.2. The van der Waals surface area contributed by atoms with Crippen LogP contribution in [0.3, 0.4) is 0 Å². The van der Waals surface area contributed by atoms with Gasteiger partial charge in [0.15, 0.2) is 0 Å². The van der Waals surface area contributed by atoms with E-state index in [1.165, 1.54) is 12.8 Å². The summed E-state index contributed by atoms with van der Waals surface area (Å²) in [5, 5.41) is 18.2. The summed E-state index contributed by atoms with van der Waals surface area (Å²) in [5.41, 5.74) is 0.583. The van der Waals surface area contributed by atoms with Crippen molar-refractivity contribution in [1.82, 2.24) is 20.1 Å². The van der Waals surface area contributed by atoms with Crippen molar-refractivity contribution >= 4 is 0 Å². The minimum Gasteiger partial charge on any atom is -0.394 e. The summed E-state index contributed by atoms with van der Waals surface area (Å²) in [7, 11) is 0. The molecule has 1 atom stereocenters. The van der Waals surface area contributed by atoms with E-state index in [0.717, 1.165) is 17.2 Å². The van der Waals surface area contributed by atoms with Crippen molar-refractivity contribution in [2.24, 2.45) is 0 Å². The van der Waals surface area contributed by atoms with E-state index < -0.39 is 5.54 Å². The zero-order valence-corrected chi connectivity index (χ0v) is 12.6. The van der Waals surface area contributed by atoms with Gasteiger partial charge in [-0.1, -0.05) is 30.3 Å². The van der Waals surface area contributed by atoms with Gasteiger partial charge < -0.3 is 10.4 Å². The zero-order valence-electron chi connectivity index (χ0n) is 12.6. The van der Waals surface area contributed by atoms with Crippen LogP contribution < -0.4 is 5.32 Å². The van der Waals surface area contributed by atoms with Crippen LogP contribution >= 0.6 is 0 Å². The third kappa shape index (κ3) is 2.99. The van der Waals surface area contributed by atoms with E-state index in [1.54, 1.807) is 0 Å². The van der Waals surface area contributed by atoms with Crippen molar-refractivity contribution in [3.63, 3.8) is 0 Å². The minimum absolute atomic E-state index is 0.0336. The number of aromatic nitrogens is 3. The van der Waals surface area contributed by atoms with E-state index in [0.29, 0.717) is 12.6 Å². The van der Waals surface area contributed by atoms with E-state index in [4.69, 9.17) is 0 Å². The predicted molar refractivity (Wildman–Crippen MR) is 80.9 cm³/mol. The van der Waals surface area contributed by atoms with Crippen molar-refractivity contribution in [2.45, 2.75) is 44.8 Å². The first-order chi connectivity index (χ1) is 10.1. The average Bonchev–Trinajstić information content (AvgIpc) is 3.24. The molecule has 1 saturated carbocycles. The molecule has 0 amide bonds. The van der Waals surface area contributed by atoms with Crippen molar-refractivity contribution in [2.75, 3.05) is 6.61 Å². The van der Waals surface area contributed by atoms with Crippen LogP contribution in [0.15, 0.2) is 30.3 Å². The van der Waals surface area contributed by atoms with Gasteiger partial charge in [-0.2, -0.15) is 5.10 Å². The van der Waals surface area contributed by atoms with Crippen LogP contribution in [0.1, 0.15) is 30.1 Å². The molecule has 5 nitrogen and oxygen atoms in total. The summed E-state index contributed by atoms with van der Waals surface area (Å²) in [4.78, 5) is 4.36. The Kier molecular flexibility index (Phi) is 3.78. The van der Waals surface area contributed by atoms with Gasteiger partial charge in [0.2, 0.25) is 0 Å². The summed E-state index contributed by atoms with van der Waals surface area (Å²) in [6, 6.07) is 10.6. The number of benzene rings is 1. The molecule has 1 unspecified atom stereocenters. The number of rotatable bonds is 6. The molecule has 0 radical (unpaired) electrons. The van der Waals surface area contributed by atoms with Crippen LogP contribution in [0.2, 0.25) is 0 Å². The molecule has 3 rings (SSSR count). The molecule has 0 saturated heterocycles. The maximum absolute atomic E-state index is 10.1. The van der Waals surface area contributed by atoms with Gasteiger partial charge in [0.05, 0.1) is 18.7 Å². The lowest BCUT2D eigenvalue weighted by Crippen LogP contribution is -2.50. The van der Waals surface area contributed by atoms with Crippen LogP contribution in [-0.4, -0.2) is 32.5 Å². The Morgan fingerprint density at radius 2 is 2.00 bits per heavy atom. The van der Waals surface area contributed by atoms with Crippen LogP contribution in [0.5, 0.6) is 0 Å². The van der Waals surface area contributed by atoms with Crippen LogP contribution in [0.25, 0.3) is 0 Å². The number of hydrogen-bond acceptors (Lipinski definition) is 4. The highest BCUT2D eigenvalue weighted by Crippen LogP contribution is 2.30. The van der Waals surface area contributed by atoms with Crippen molar-refractivity contribution in [3.05, 3.63) is 47.5 Å². The molecule has 0 aliphatic heterocycles. The number of aliphatic hydroxyl groups is 1. The van der Waals surface area contributed by atoms with Crippen molar-refractivity contribution in [3.8, 4) is 0 Å². The van der Waals surface area contributed by atoms with E-state index in [1.807, 2.05) is 36.7 Å². The average molecular weight is 286 g/mol. The summed E-state index contributed by atoms with van der Waals surface area (Å²) in [6.45, 7) is 4.45. The Bertz CT molecular complexity index is 606. The van der Waals surface area contributed by atoms with Gasteiger partial charge in [-0.25, -0.2) is 9.67 Å². The summed E-state index contributed by atoms with van der Waals surface area (Å²) >= 11 is 0. The van der Waals surface area contributed by atoms with Gasteiger partial charge in [-0.3, -0.25) is 0 Å². The second-order valence-electron chi connectivity index (χ2n) is 5.89. The number of aryl methyl sites for hydroxylation is 2. The van der Waals surface area contributed by atoms with Gasteiger partial charge >= 0.3 is 0 Å². The maximum atomic E-state index is 10.1. The molecule has 2 N–H and O–H groups in total. The highest BCUT2D eigenvalue weighted by Gasteiger charge is 2.38. The lowest BCUT2D eigenvalue weighted by atomic mass is 9.90. The number of hydrogen-bond donors (Lipinski definition) is 2. The molecule has 1 heterocycles. The van der Waals surface area contributed by atoms with Gasteiger partial charge in [-0.15, -0.1) is 0 Å². The predicted octanol–water partition coefficient (Wildman–Crippen LogP) is 1.53. The molecule has 5 heteroatoms. The second kappa shape index (κ2) is 5.58. The SMILES string of the molecule is Cc1nc(C)n(CC(CO)(NC2CC2)c2ccccc2)n1. The van der Waals surface area contributed by atoms with Gasteiger partial charge in [0, 0.05) is 6.04 Å². The topological polar surface area (TPSA) is 63.0 Å². The Labute approximate surface area is 125 Å². The first-order valence-electron chi connectivity index (χ1n) is 7.45. The summed E-state index contributed by atoms with van der Waals surface area (Å²) in [5.74, 6) is 1.64. The fourth-order valence-electron chi connectivity index (χ4n) is 2.75. The van der Waals surface area contributed by atoms with Crippen LogP contribution in [0.4, 0.5) is 0 Å². The minimum atomic E-state index is -0.507. The Hall–Kier alpha value is -1.72. The monoisotopic (exact) mass is 286 g/mol. The molecule has 1 aliphatic carbocycles. The zero-order chi connectivity index (χ0) is 14.9. The molecule has 1 fully saturated rings. The van der Waals surface area contributed by atoms with Crippen molar-refractivity contribution < 1.29 is 5.11 Å². The summed E-state index contributed by atoms with van der Waals surface area (Å²) in [6.07, 6.45) is 2.34. The standard InChI is InChI=1S/C16H22N4O/c1-12-17-13(2)20(19-12)10-16(11-21,18-15-8-9-15)14-6-4-3-5-7-14/h3-7,15,18,21H,8-11H2,1-2H3. The van der Waals surface area contributed by atoms with E-state index >= 15 is 0 Å². The molecule has 1 aromatic heterocycles. The lowest BCUT2D eigenvalue weighted by molar-refractivity contribution is 0.134. The molecule has 2 aromatic rings. The molecule has 112 valence electrons. The highest BCUT2D eigenvalue weighted by atomic mass is 16.3. The van der Waals surface area contributed by atoms with E-state index in [9.17, 15) is 5.11 Å². The third-order valence-electron chi connectivity index (χ3n) is 4.04. The normalized spacial score (nSPS) is 17.7. The Balaban J connectivity index is 1.96. The third-order valence-corrected chi connectivity index (χ3v) is 4.04. The van der Waals surface area contributed by atoms with Crippen LogP contribution in [0, 0.1) is 13.8 Å². The van der Waals surface area contributed by atoms with Crippen LogP contribution in [-0.2, 0) is 12.1 Å². The maximum Gasteiger partial charge on any atom is 0.147 e. The highest BCUT2D eigenvalue weighted by molar-refractivity contribution is 5.25. The molecule has 21 heavy (non-hydrogen) atoms. The number of aliphatic hydroxyl groups excluding tert-OH is 1. The molecule has 0 spiro atoms. The fraction of sp³-hybridized carbons (Fsp3) is 0.500. The van der Waals surface area contributed by atoms with E-state index in [2.05, 4.69) is 27.5 Å². The largest absolute Gasteiger partial charge is 0.394 e. The number of nitrogens with zero attached hydrogens (tertiary/aromatic N) is 3. The Morgan fingerprint density at radius 3 is 2.52 bits per heavy atom. The number of nitrogens with one attached hydrogen (secondary N) is 1. The van der Waals surface area contributed by atoms with Crippen molar-refractivity contribution in [1.29, 1.82) is 0 Å². The Morgan fingerprint density at radius 1 is 1.29 bits per heavy atom. The molecule has 0 bridgehead atoms. The quantitative estimate of drug-likeness (QED) is 0.845. The van der Waals surface area contributed by atoms with Gasteiger partial charge in [0.25, 0.3) is 0 Å². The lowest BCUT2D eigenvalue weighted by Gasteiger charge is -2.34. The van der Waals surface area contributed by atoms with Gasteiger partial charge in [0.1, 0.15) is 11.6 Å². The van der Waals surface area contributed by atoms with E-state index in [-0.39, 0.29) is 6.61 Å². The fourth-order valence-corrected chi connectivity index (χ4v) is 2.75. The van der Waals surface area contributed by atoms with Gasteiger partial charge in [-0.05, 0) is 32.3 Å². The molecular weight excluding hydrogens is 264 g/mol. The molecular formula is C16H22N4O. The smallest absolute Gasteiger partial charge is 0.147 e. The molecule has 1 aromatic carbocycles. The summed E-state index contributed by atoms with van der Waals surface area (Å²) < 4.78 is 1.88.